The first-order chi connectivity index (χ1) is 15.5. The number of thiocarbonyl (C=S) groups is 1. The van der Waals surface area contributed by atoms with Crippen LogP contribution in [0.1, 0.15) is 11.1 Å². The van der Waals surface area contributed by atoms with Crippen molar-refractivity contribution in [3.63, 3.8) is 0 Å². The molecule has 0 atom stereocenters. The van der Waals surface area contributed by atoms with Gasteiger partial charge in [0.15, 0.2) is 4.32 Å². The van der Waals surface area contributed by atoms with E-state index in [9.17, 15) is 4.79 Å². The summed E-state index contributed by atoms with van der Waals surface area (Å²) in [6.45, 7) is 0.271. The third-order valence-electron chi connectivity index (χ3n) is 4.73. The van der Waals surface area contributed by atoms with E-state index in [1.807, 2.05) is 30.3 Å². The number of halogens is 2. The van der Waals surface area contributed by atoms with Crippen LogP contribution in [0.4, 0.5) is 5.69 Å². The number of hydrogen-bond donors (Lipinski definition) is 0. The zero-order chi connectivity index (χ0) is 22.7. The highest BCUT2D eigenvalue weighted by atomic mass is 35.5. The van der Waals surface area contributed by atoms with Gasteiger partial charge in [0.1, 0.15) is 18.1 Å². The molecule has 1 amide bonds. The molecule has 1 fully saturated rings. The van der Waals surface area contributed by atoms with Crippen LogP contribution in [0.15, 0.2) is 71.6 Å². The number of ether oxygens (including phenoxy) is 2. The Bertz CT molecular complexity index is 1210. The average Bonchev–Trinajstić information content (AvgIpc) is 3.07. The number of carbonyl (C=O) groups is 1. The summed E-state index contributed by atoms with van der Waals surface area (Å²) in [6, 6.07) is 20.0. The molecule has 8 heteroatoms. The zero-order valence-electron chi connectivity index (χ0n) is 16.9. The van der Waals surface area contributed by atoms with E-state index < -0.39 is 0 Å². The van der Waals surface area contributed by atoms with Crippen LogP contribution >= 0.6 is 47.2 Å². The second-order valence-electron chi connectivity index (χ2n) is 6.78. The first-order valence-corrected chi connectivity index (χ1v) is 11.5. The van der Waals surface area contributed by atoms with Gasteiger partial charge >= 0.3 is 0 Å². The topological polar surface area (TPSA) is 38.8 Å². The second kappa shape index (κ2) is 9.96. The standard InChI is InChI=1S/C24H17Cl2NO3S2/c1-29-19-10-8-18(9-11-19)27-23(28)22(32-24(27)31)12-15-4-2-3-5-21(15)30-14-16-6-7-17(25)13-20(16)26/h2-13H,14H2,1H3/b22-12+. The van der Waals surface area contributed by atoms with Gasteiger partial charge in [-0.25, -0.2) is 0 Å². The third-order valence-corrected chi connectivity index (χ3v) is 6.62. The van der Waals surface area contributed by atoms with Crippen molar-refractivity contribution >= 4 is 69.2 Å². The smallest absolute Gasteiger partial charge is 0.270 e. The fourth-order valence-corrected chi connectivity index (χ4v) is 4.84. The molecule has 1 saturated heterocycles. The maximum absolute atomic E-state index is 13.1. The number of nitrogens with zero attached hydrogens (tertiary/aromatic N) is 1. The highest BCUT2D eigenvalue weighted by Crippen LogP contribution is 2.37. The van der Waals surface area contributed by atoms with E-state index >= 15 is 0 Å². The lowest BCUT2D eigenvalue weighted by Crippen LogP contribution is -2.27. The number of thioether (sulfide) groups is 1. The van der Waals surface area contributed by atoms with Crippen LogP contribution in [-0.2, 0) is 11.4 Å². The van der Waals surface area contributed by atoms with E-state index in [1.54, 1.807) is 49.6 Å². The summed E-state index contributed by atoms with van der Waals surface area (Å²) in [7, 11) is 1.59. The molecule has 0 saturated carbocycles. The molecule has 0 bridgehead atoms. The van der Waals surface area contributed by atoms with Crippen LogP contribution in [0.2, 0.25) is 10.0 Å². The Morgan fingerprint density at radius 3 is 2.53 bits per heavy atom. The van der Waals surface area contributed by atoms with Gasteiger partial charge in [-0.2, -0.15) is 0 Å². The van der Waals surface area contributed by atoms with Crippen molar-refractivity contribution in [3.8, 4) is 11.5 Å². The maximum Gasteiger partial charge on any atom is 0.270 e. The fourth-order valence-electron chi connectivity index (χ4n) is 3.09. The van der Waals surface area contributed by atoms with Crippen LogP contribution in [0.5, 0.6) is 11.5 Å². The molecule has 4 rings (SSSR count). The molecule has 0 N–H and O–H groups in total. The van der Waals surface area contributed by atoms with Gasteiger partial charge in [0.2, 0.25) is 0 Å². The van der Waals surface area contributed by atoms with Crippen molar-refractivity contribution in [1.29, 1.82) is 0 Å². The predicted molar refractivity (Wildman–Crippen MR) is 136 cm³/mol. The number of carbonyl (C=O) groups excluding carboxylic acids is 1. The van der Waals surface area contributed by atoms with Crippen LogP contribution in [0.25, 0.3) is 6.08 Å². The Hall–Kier alpha value is -2.51. The van der Waals surface area contributed by atoms with Crippen molar-refractivity contribution in [3.05, 3.63) is 92.8 Å². The molecule has 0 unspecified atom stereocenters. The second-order valence-corrected chi connectivity index (χ2v) is 9.30. The lowest BCUT2D eigenvalue weighted by atomic mass is 10.1. The quantitative estimate of drug-likeness (QED) is 0.269. The van der Waals surface area contributed by atoms with Crippen molar-refractivity contribution in [2.45, 2.75) is 6.61 Å². The maximum atomic E-state index is 13.1. The van der Waals surface area contributed by atoms with Gasteiger partial charge < -0.3 is 9.47 Å². The van der Waals surface area contributed by atoms with E-state index in [1.165, 1.54) is 16.7 Å². The molecule has 3 aromatic carbocycles. The minimum absolute atomic E-state index is 0.180. The number of hydrogen-bond acceptors (Lipinski definition) is 5. The lowest BCUT2D eigenvalue weighted by molar-refractivity contribution is -0.113. The minimum Gasteiger partial charge on any atom is -0.497 e. The largest absolute Gasteiger partial charge is 0.497 e. The minimum atomic E-state index is -0.180. The van der Waals surface area contributed by atoms with Crippen molar-refractivity contribution in [1.82, 2.24) is 0 Å². The summed E-state index contributed by atoms with van der Waals surface area (Å²) in [5.74, 6) is 1.16. The molecule has 4 nitrogen and oxygen atoms in total. The first kappa shape index (κ1) is 22.7. The number of benzene rings is 3. The van der Waals surface area contributed by atoms with Crippen molar-refractivity contribution < 1.29 is 14.3 Å². The third kappa shape index (κ3) is 4.94. The lowest BCUT2D eigenvalue weighted by Gasteiger charge is -2.14. The number of methoxy groups -OCH3 is 1. The summed E-state index contributed by atoms with van der Waals surface area (Å²) in [5.41, 5.74) is 2.28. The average molecular weight is 502 g/mol. The molecular formula is C24H17Cl2NO3S2. The Kier molecular flexibility index (Phi) is 7.06. The van der Waals surface area contributed by atoms with E-state index in [0.29, 0.717) is 36.5 Å². The molecule has 1 aliphatic rings. The molecule has 3 aromatic rings. The summed E-state index contributed by atoms with van der Waals surface area (Å²) >= 11 is 18.9. The number of anilines is 1. The van der Waals surface area contributed by atoms with Crippen LogP contribution in [0, 0.1) is 0 Å². The highest BCUT2D eigenvalue weighted by Gasteiger charge is 2.33. The molecule has 32 heavy (non-hydrogen) atoms. The van der Waals surface area contributed by atoms with E-state index in [2.05, 4.69) is 0 Å². The summed E-state index contributed by atoms with van der Waals surface area (Å²) in [6.07, 6.45) is 1.79. The number of para-hydroxylation sites is 1. The zero-order valence-corrected chi connectivity index (χ0v) is 20.0. The monoisotopic (exact) mass is 501 g/mol. The first-order valence-electron chi connectivity index (χ1n) is 9.54. The molecule has 162 valence electrons. The van der Waals surface area contributed by atoms with E-state index in [0.717, 1.165) is 11.1 Å². The molecule has 1 aliphatic heterocycles. The Morgan fingerprint density at radius 2 is 1.81 bits per heavy atom. The van der Waals surface area contributed by atoms with Crippen molar-refractivity contribution in [2.24, 2.45) is 0 Å². The fraction of sp³-hybridized carbons (Fsp3) is 0.0833. The molecular weight excluding hydrogens is 485 g/mol. The summed E-state index contributed by atoms with van der Waals surface area (Å²) < 4.78 is 11.7. The summed E-state index contributed by atoms with van der Waals surface area (Å²) in [4.78, 5) is 15.1. The molecule has 0 aromatic heterocycles. The molecule has 0 aliphatic carbocycles. The van der Waals surface area contributed by atoms with Gasteiger partial charge in [-0.1, -0.05) is 71.4 Å². The van der Waals surface area contributed by atoms with Gasteiger partial charge in [0.25, 0.3) is 5.91 Å². The van der Waals surface area contributed by atoms with Crippen LogP contribution in [0.3, 0.4) is 0 Å². The van der Waals surface area contributed by atoms with Crippen LogP contribution in [-0.4, -0.2) is 17.3 Å². The summed E-state index contributed by atoms with van der Waals surface area (Å²) in [5, 5.41) is 1.10. The highest BCUT2D eigenvalue weighted by molar-refractivity contribution is 8.27. The Balaban J connectivity index is 1.56. The molecule has 0 spiro atoms. The molecule has 0 radical (unpaired) electrons. The number of amides is 1. The van der Waals surface area contributed by atoms with Crippen LogP contribution < -0.4 is 14.4 Å². The van der Waals surface area contributed by atoms with E-state index in [4.69, 9.17) is 44.9 Å². The normalized spacial score (nSPS) is 14.8. The van der Waals surface area contributed by atoms with Gasteiger partial charge in [0, 0.05) is 21.2 Å². The van der Waals surface area contributed by atoms with Gasteiger partial charge in [-0.05, 0) is 48.5 Å². The van der Waals surface area contributed by atoms with Crippen molar-refractivity contribution in [2.75, 3.05) is 12.0 Å². The SMILES string of the molecule is COc1ccc(N2C(=O)/C(=C\c3ccccc3OCc3ccc(Cl)cc3Cl)SC2=S)cc1. The van der Waals surface area contributed by atoms with Gasteiger partial charge in [0.05, 0.1) is 17.7 Å². The van der Waals surface area contributed by atoms with Gasteiger partial charge in [-0.15, -0.1) is 0 Å². The van der Waals surface area contributed by atoms with E-state index in [-0.39, 0.29) is 12.5 Å². The molecule has 1 heterocycles. The number of rotatable bonds is 6. The Morgan fingerprint density at radius 1 is 1.06 bits per heavy atom. The Labute approximate surface area is 205 Å². The predicted octanol–water partition coefficient (Wildman–Crippen LogP) is 6.99. The van der Waals surface area contributed by atoms with Gasteiger partial charge in [-0.3, -0.25) is 9.69 Å².